The minimum atomic E-state index is -4.45. The van der Waals surface area contributed by atoms with E-state index in [2.05, 4.69) is 10.0 Å². The summed E-state index contributed by atoms with van der Waals surface area (Å²) in [6.07, 6.45) is -3.47. The number of rotatable bonds is 7. The lowest BCUT2D eigenvalue weighted by Crippen LogP contribution is -2.46. The highest BCUT2D eigenvalue weighted by Crippen LogP contribution is 2.12. The maximum Gasteiger partial charge on any atom is 0.405 e. The zero-order valence-electron chi connectivity index (χ0n) is 9.97. The number of halogens is 3. The molecule has 0 spiro atoms. The lowest BCUT2D eigenvalue weighted by atomic mass is 10.3. The number of nitrogens with one attached hydrogen (secondary N) is 3. The summed E-state index contributed by atoms with van der Waals surface area (Å²) in [6.45, 7) is 0.176. The zero-order valence-corrected chi connectivity index (χ0v) is 10.8. The largest absolute Gasteiger partial charge is 0.405 e. The molecule has 0 aromatic carbocycles. The SMILES string of the molecule is CC(NCCNS(C)(=O)=O)C(=O)NCC(F)(F)F. The first kappa shape index (κ1) is 17.1. The predicted molar refractivity (Wildman–Crippen MR) is 59.4 cm³/mol. The van der Waals surface area contributed by atoms with Crippen LogP contribution in [0.1, 0.15) is 6.92 Å². The Morgan fingerprint density at radius 1 is 1.28 bits per heavy atom. The molecule has 1 unspecified atom stereocenters. The molecular formula is C8H16F3N3O3S. The first-order valence-corrected chi connectivity index (χ1v) is 6.93. The average molecular weight is 291 g/mol. The number of sulfonamides is 1. The van der Waals surface area contributed by atoms with Crippen molar-refractivity contribution in [1.29, 1.82) is 0 Å². The Labute approximate surface area is 103 Å². The van der Waals surface area contributed by atoms with Gasteiger partial charge in [0.1, 0.15) is 6.54 Å². The van der Waals surface area contributed by atoms with Gasteiger partial charge in [-0.25, -0.2) is 13.1 Å². The van der Waals surface area contributed by atoms with Crippen LogP contribution in [0, 0.1) is 0 Å². The first-order valence-electron chi connectivity index (χ1n) is 5.04. The molecule has 3 N–H and O–H groups in total. The van der Waals surface area contributed by atoms with Crippen LogP contribution in [0.25, 0.3) is 0 Å². The molecule has 1 amide bonds. The van der Waals surface area contributed by atoms with Crippen molar-refractivity contribution >= 4 is 15.9 Å². The predicted octanol–water partition coefficient (Wildman–Crippen LogP) is -0.808. The second-order valence-corrected chi connectivity index (χ2v) is 5.51. The van der Waals surface area contributed by atoms with Crippen LogP contribution in [-0.4, -0.2) is 52.4 Å². The van der Waals surface area contributed by atoms with E-state index in [0.29, 0.717) is 0 Å². The summed E-state index contributed by atoms with van der Waals surface area (Å²) in [6, 6.07) is -0.839. The van der Waals surface area contributed by atoms with Gasteiger partial charge in [0, 0.05) is 13.1 Å². The summed E-state index contributed by atoms with van der Waals surface area (Å²) < 4.78 is 58.9. The highest BCUT2D eigenvalue weighted by atomic mass is 32.2. The van der Waals surface area contributed by atoms with Gasteiger partial charge in [-0.1, -0.05) is 0 Å². The van der Waals surface area contributed by atoms with Crippen LogP contribution in [0.5, 0.6) is 0 Å². The Morgan fingerprint density at radius 2 is 1.83 bits per heavy atom. The third-order valence-corrected chi connectivity index (χ3v) is 2.52. The van der Waals surface area contributed by atoms with Gasteiger partial charge in [0.15, 0.2) is 0 Å². The third-order valence-electron chi connectivity index (χ3n) is 1.80. The molecule has 18 heavy (non-hydrogen) atoms. The number of hydrogen-bond acceptors (Lipinski definition) is 4. The molecule has 0 bridgehead atoms. The van der Waals surface area contributed by atoms with Crippen molar-refractivity contribution in [3.8, 4) is 0 Å². The fourth-order valence-electron chi connectivity index (χ4n) is 0.958. The van der Waals surface area contributed by atoms with E-state index < -0.39 is 34.7 Å². The van der Waals surface area contributed by atoms with E-state index >= 15 is 0 Å². The Bertz CT molecular complexity index is 370. The summed E-state index contributed by atoms with van der Waals surface area (Å²) in [7, 11) is -3.31. The molecule has 1 atom stereocenters. The van der Waals surface area contributed by atoms with E-state index in [1.54, 1.807) is 5.32 Å². The molecule has 0 radical (unpaired) electrons. The molecule has 108 valence electrons. The van der Waals surface area contributed by atoms with Crippen LogP contribution < -0.4 is 15.4 Å². The van der Waals surface area contributed by atoms with Crippen LogP contribution in [0.4, 0.5) is 13.2 Å². The number of carbonyl (C=O) groups is 1. The van der Waals surface area contributed by atoms with E-state index in [4.69, 9.17) is 0 Å². The molecule has 0 aliphatic rings. The van der Waals surface area contributed by atoms with E-state index in [0.717, 1.165) is 6.26 Å². The van der Waals surface area contributed by atoms with E-state index in [9.17, 15) is 26.4 Å². The number of hydrogen-bond donors (Lipinski definition) is 3. The molecule has 0 saturated carbocycles. The highest BCUT2D eigenvalue weighted by molar-refractivity contribution is 7.88. The molecule has 0 saturated heterocycles. The first-order chi connectivity index (χ1) is 8.01. The van der Waals surface area contributed by atoms with Crippen LogP contribution in [-0.2, 0) is 14.8 Å². The van der Waals surface area contributed by atoms with Crippen LogP contribution in [0.2, 0.25) is 0 Å². The Balaban J connectivity index is 3.82. The highest BCUT2D eigenvalue weighted by Gasteiger charge is 2.28. The summed E-state index contributed by atoms with van der Waals surface area (Å²) in [4.78, 5) is 11.2. The average Bonchev–Trinajstić information content (AvgIpc) is 2.18. The standard InChI is InChI=1S/C8H16F3N3O3S/c1-6(7(15)13-5-8(9,10)11)12-3-4-14-18(2,16)17/h6,12,14H,3-5H2,1-2H3,(H,13,15). The van der Waals surface area contributed by atoms with Gasteiger partial charge in [-0.05, 0) is 6.92 Å². The summed E-state index contributed by atoms with van der Waals surface area (Å²) >= 11 is 0. The zero-order chi connectivity index (χ0) is 14.4. The monoisotopic (exact) mass is 291 g/mol. The smallest absolute Gasteiger partial charge is 0.346 e. The van der Waals surface area contributed by atoms with Crippen molar-refractivity contribution < 1.29 is 26.4 Å². The van der Waals surface area contributed by atoms with Gasteiger partial charge in [0.2, 0.25) is 15.9 Å². The third kappa shape index (κ3) is 10.3. The van der Waals surface area contributed by atoms with Crippen molar-refractivity contribution in [1.82, 2.24) is 15.4 Å². The van der Waals surface area contributed by atoms with E-state index in [1.807, 2.05) is 0 Å². The van der Waals surface area contributed by atoms with E-state index in [1.165, 1.54) is 6.92 Å². The molecule has 0 rings (SSSR count). The van der Waals surface area contributed by atoms with Crippen molar-refractivity contribution in [3.05, 3.63) is 0 Å². The lowest BCUT2D eigenvalue weighted by Gasteiger charge is -2.15. The van der Waals surface area contributed by atoms with Gasteiger partial charge in [-0.3, -0.25) is 4.79 Å². The van der Waals surface area contributed by atoms with Gasteiger partial charge < -0.3 is 10.6 Å². The molecule has 10 heteroatoms. The lowest BCUT2D eigenvalue weighted by molar-refractivity contribution is -0.139. The summed E-state index contributed by atoms with van der Waals surface area (Å²) in [5.74, 6) is -0.799. The van der Waals surface area contributed by atoms with Crippen molar-refractivity contribution in [3.63, 3.8) is 0 Å². The van der Waals surface area contributed by atoms with Gasteiger partial charge >= 0.3 is 6.18 Å². The van der Waals surface area contributed by atoms with Crippen molar-refractivity contribution in [2.45, 2.75) is 19.1 Å². The Hall–Kier alpha value is -0.870. The number of amides is 1. The molecule has 0 aromatic heterocycles. The molecular weight excluding hydrogens is 275 g/mol. The van der Waals surface area contributed by atoms with Crippen LogP contribution >= 0.6 is 0 Å². The molecule has 0 aliphatic heterocycles. The van der Waals surface area contributed by atoms with Crippen LogP contribution in [0.15, 0.2) is 0 Å². The normalized spacial score (nSPS) is 14.3. The molecule has 0 aromatic rings. The molecule has 0 aliphatic carbocycles. The minimum absolute atomic E-state index is 0.0513. The second kappa shape index (κ2) is 6.90. The Kier molecular flexibility index (Phi) is 6.57. The number of carbonyl (C=O) groups excluding carboxylic acids is 1. The Morgan fingerprint density at radius 3 is 2.28 bits per heavy atom. The van der Waals surface area contributed by atoms with Gasteiger partial charge in [-0.2, -0.15) is 13.2 Å². The maximum atomic E-state index is 11.8. The number of alkyl halides is 3. The van der Waals surface area contributed by atoms with Crippen molar-refractivity contribution in [2.75, 3.05) is 25.9 Å². The van der Waals surface area contributed by atoms with Gasteiger partial charge in [0.05, 0.1) is 12.3 Å². The van der Waals surface area contributed by atoms with Crippen molar-refractivity contribution in [2.24, 2.45) is 0 Å². The van der Waals surface area contributed by atoms with Crippen LogP contribution in [0.3, 0.4) is 0 Å². The quantitative estimate of drug-likeness (QED) is 0.536. The van der Waals surface area contributed by atoms with E-state index in [-0.39, 0.29) is 13.1 Å². The van der Waals surface area contributed by atoms with Gasteiger partial charge in [0.25, 0.3) is 0 Å². The fourth-order valence-corrected chi connectivity index (χ4v) is 1.43. The maximum absolute atomic E-state index is 11.8. The topological polar surface area (TPSA) is 87.3 Å². The molecule has 0 fully saturated rings. The second-order valence-electron chi connectivity index (χ2n) is 3.68. The molecule has 0 heterocycles. The fraction of sp³-hybridized carbons (Fsp3) is 0.875. The summed E-state index contributed by atoms with van der Waals surface area (Å²) in [5, 5.41) is 4.30. The van der Waals surface area contributed by atoms with Gasteiger partial charge in [-0.15, -0.1) is 0 Å². The minimum Gasteiger partial charge on any atom is -0.346 e. The summed E-state index contributed by atoms with van der Waals surface area (Å²) in [5.41, 5.74) is 0. The molecule has 6 nitrogen and oxygen atoms in total.